The maximum Gasteiger partial charge on any atom is 0.491 e. The molecule has 3 aromatic carbocycles. The van der Waals surface area contributed by atoms with Crippen molar-refractivity contribution >= 4 is 57.6 Å². The highest BCUT2D eigenvalue weighted by Crippen LogP contribution is 2.36. The standard InChI is InChI=1S/C27H17Cl2F4N5O5/c28-14-5-12(9-34)6-16(7-14)42-24-18(29)3-1-13(21(24)30)11-36-25(40)22-23(43-26(41)27(31,32)33)17-8-15(37-20(39)10-35)2-4-19(17)38-22/h1-8,38H,10-11,35H2,(H,36,40)(H,37,39). The third-order valence-corrected chi connectivity index (χ3v) is 6.18. The quantitative estimate of drug-likeness (QED) is 0.145. The molecule has 1 aromatic heterocycles. The molecule has 2 amide bonds. The van der Waals surface area contributed by atoms with Crippen molar-refractivity contribution in [1.29, 1.82) is 5.26 Å². The lowest BCUT2D eigenvalue weighted by Gasteiger charge is -2.13. The van der Waals surface area contributed by atoms with E-state index in [-0.39, 0.29) is 50.1 Å². The average molecular weight is 638 g/mol. The van der Waals surface area contributed by atoms with E-state index in [1.165, 1.54) is 48.5 Å². The van der Waals surface area contributed by atoms with Crippen molar-refractivity contribution in [1.82, 2.24) is 10.3 Å². The van der Waals surface area contributed by atoms with Crippen LogP contribution in [0.1, 0.15) is 21.6 Å². The second-order valence-corrected chi connectivity index (χ2v) is 9.49. The Morgan fingerprint density at radius 3 is 2.47 bits per heavy atom. The van der Waals surface area contributed by atoms with Crippen LogP contribution in [-0.2, 0) is 16.1 Å². The maximum atomic E-state index is 15.4. The minimum Gasteiger partial charge on any atom is -0.453 e. The molecule has 0 saturated heterocycles. The summed E-state index contributed by atoms with van der Waals surface area (Å²) in [4.78, 5) is 39.0. The molecule has 0 bridgehead atoms. The highest BCUT2D eigenvalue weighted by molar-refractivity contribution is 6.32. The van der Waals surface area contributed by atoms with Crippen LogP contribution in [-0.4, -0.2) is 35.5 Å². The zero-order valence-corrected chi connectivity index (χ0v) is 22.9. The number of hydrogen-bond acceptors (Lipinski definition) is 7. The number of nitrogens with one attached hydrogen (secondary N) is 3. The Labute approximate surface area is 249 Å². The van der Waals surface area contributed by atoms with E-state index >= 15 is 4.39 Å². The van der Waals surface area contributed by atoms with E-state index in [1.54, 1.807) is 0 Å². The number of fused-ring (bicyclic) bond motifs is 1. The van der Waals surface area contributed by atoms with Gasteiger partial charge in [-0.15, -0.1) is 0 Å². The predicted octanol–water partition coefficient (Wildman–Crippen LogP) is 5.57. The molecule has 0 unspecified atom stereocenters. The molecule has 4 rings (SSSR count). The van der Waals surface area contributed by atoms with Crippen molar-refractivity contribution < 1.29 is 41.4 Å². The van der Waals surface area contributed by atoms with Crippen LogP contribution in [0.2, 0.25) is 10.0 Å². The van der Waals surface area contributed by atoms with E-state index in [0.29, 0.717) is 0 Å². The Kier molecular flexibility index (Phi) is 9.10. The van der Waals surface area contributed by atoms with Gasteiger partial charge in [-0.3, -0.25) is 9.59 Å². The van der Waals surface area contributed by atoms with Crippen LogP contribution < -0.4 is 25.8 Å². The molecule has 16 heteroatoms. The lowest BCUT2D eigenvalue weighted by Crippen LogP contribution is -2.29. The van der Waals surface area contributed by atoms with Gasteiger partial charge in [-0.1, -0.05) is 29.3 Å². The van der Waals surface area contributed by atoms with Gasteiger partial charge in [0, 0.05) is 28.2 Å². The van der Waals surface area contributed by atoms with E-state index in [2.05, 4.69) is 20.4 Å². The summed E-state index contributed by atoms with van der Waals surface area (Å²) >= 11 is 12.1. The first-order valence-electron chi connectivity index (χ1n) is 11.9. The molecule has 4 aromatic rings. The van der Waals surface area contributed by atoms with Gasteiger partial charge in [0.2, 0.25) is 5.91 Å². The molecule has 5 N–H and O–H groups in total. The monoisotopic (exact) mass is 637 g/mol. The van der Waals surface area contributed by atoms with Gasteiger partial charge in [0.1, 0.15) is 11.4 Å². The molecule has 0 radical (unpaired) electrons. The number of anilines is 1. The predicted molar refractivity (Wildman–Crippen MR) is 146 cm³/mol. The van der Waals surface area contributed by atoms with Crippen molar-refractivity contribution in [2.24, 2.45) is 5.73 Å². The third-order valence-electron chi connectivity index (χ3n) is 5.66. The number of H-pyrrole nitrogens is 1. The zero-order chi connectivity index (χ0) is 31.5. The Balaban J connectivity index is 1.64. The number of rotatable bonds is 8. The molecule has 10 nitrogen and oxygen atoms in total. The molecule has 0 fully saturated rings. The van der Waals surface area contributed by atoms with E-state index in [4.69, 9.17) is 38.9 Å². The second kappa shape index (κ2) is 12.6. The smallest absolute Gasteiger partial charge is 0.453 e. The molecule has 0 aliphatic carbocycles. The summed E-state index contributed by atoms with van der Waals surface area (Å²) < 4.78 is 64.5. The number of benzene rings is 3. The highest BCUT2D eigenvalue weighted by Gasteiger charge is 2.42. The van der Waals surface area contributed by atoms with Crippen LogP contribution in [0.5, 0.6) is 17.2 Å². The summed E-state index contributed by atoms with van der Waals surface area (Å²) in [5.74, 6) is -6.51. The molecular formula is C27H17Cl2F4N5O5. The van der Waals surface area contributed by atoms with Crippen LogP contribution >= 0.6 is 23.2 Å². The Hall–Kier alpha value is -4.84. The number of carbonyl (C=O) groups is 3. The molecule has 0 saturated carbocycles. The van der Waals surface area contributed by atoms with Crippen LogP contribution in [0.25, 0.3) is 10.9 Å². The van der Waals surface area contributed by atoms with Crippen molar-refractivity contribution in [2.45, 2.75) is 12.7 Å². The van der Waals surface area contributed by atoms with E-state index < -0.39 is 53.5 Å². The fourth-order valence-electron chi connectivity index (χ4n) is 3.74. The molecule has 43 heavy (non-hydrogen) atoms. The van der Waals surface area contributed by atoms with Gasteiger partial charge in [-0.2, -0.15) is 18.4 Å². The Bertz CT molecular complexity index is 1800. The van der Waals surface area contributed by atoms with Crippen molar-refractivity contribution in [2.75, 3.05) is 11.9 Å². The number of nitrogens with two attached hydrogens (primary N) is 1. The summed E-state index contributed by atoms with van der Waals surface area (Å²) in [7, 11) is 0. The molecular weight excluding hydrogens is 621 g/mol. The van der Waals surface area contributed by atoms with Gasteiger partial charge >= 0.3 is 12.1 Å². The summed E-state index contributed by atoms with van der Waals surface area (Å²) in [5.41, 5.74) is 4.83. The van der Waals surface area contributed by atoms with Gasteiger partial charge in [0.15, 0.2) is 17.3 Å². The van der Waals surface area contributed by atoms with E-state index in [0.717, 1.165) is 0 Å². The lowest BCUT2D eigenvalue weighted by atomic mass is 10.1. The summed E-state index contributed by atoms with van der Waals surface area (Å²) in [5, 5.41) is 13.7. The second-order valence-electron chi connectivity index (χ2n) is 8.65. The van der Waals surface area contributed by atoms with Gasteiger partial charge in [-0.25, -0.2) is 9.18 Å². The first-order valence-corrected chi connectivity index (χ1v) is 12.6. The average Bonchev–Trinajstić information content (AvgIpc) is 3.31. The van der Waals surface area contributed by atoms with Gasteiger partial charge in [-0.05, 0) is 42.5 Å². The number of ether oxygens (including phenoxy) is 2. The molecule has 0 aliphatic heterocycles. The number of hydrogen-bond donors (Lipinski definition) is 4. The van der Waals surface area contributed by atoms with Crippen molar-refractivity contribution in [3.8, 4) is 23.3 Å². The Morgan fingerprint density at radius 2 is 1.79 bits per heavy atom. The maximum absolute atomic E-state index is 15.4. The number of nitriles is 1. The third kappa shape index (κ3) is 7.15. The Morgan fingerprint density at radius 1 is 1.05 bits per heavy atom. The number of halogens is 6. The highest BCUT2D eigenvalue weighted by atomic mass is 35.5. The minimum atomic E-state index is -5.40. The summed E-state index contributed by atoms with van der Waals surface area (Å²) in [6.07, 6.45) is -5.40. The SMILES string of the molecule is N#Cc1cc(Cl)cc(Oc2c(Cl)ccc(CNC(=O)c3[nH]c4ccc(NC(=O)CN)cc4c3OC(=O)C(F)(F)F)c2F)c1. The van der Waals surface area contributed by atoms with Crippen molar-refractivity contribution in [3.63, 3.8) is 0 Å². The number of nitrogens with zero attached hydrogens (tertiary/aromatic N) is 1. The topological polar surface area (TPSA) is 159 Å². The van der Waals surface area contributed by atoms with Crippen LogP contribution in [0.3, 0.4) is 0 Å². The van der Waals surface area contributed by atoms with Gasteiger partial charge in [0.25, 0.3) is 5.91 Å². The number of aromatic nitrogens is 1. The molecule has 0 aliphatic rings. The lowest BCUT2D eigenvalue weighted by molar-refractivity contribution is -0.189. The number of amides is 2. The molecule has 222 valence electrons. The summed E-state index contributed by atoms with van der Waals surface area (Å²) in [6, 6.07) is 12.2. The summed E-state index contributed by atoms with van der Waals surface area (Å²) in [6.45, 7) is -0.903. The zero-order valence-electron chi connectivity index (χ0n) is 21.4. The fraction of sp³-hybridized carbons (Fsp3) is 0.111. The van der Waals surface area contributed by atoms with Crippen LogP contribution in [0.15, 0.2) is 48.5 Å². The van der Waals surface area contributed by atoms with Crippen LogP contribution in [0, 0.1) is 17.1 Å². The van der Waals surface area contributed by atoms with Gasteiger partial charge < -0.3 is 30.8 Å². The molecule has 0 spiro atoms. The largest absolute Gasteiger partial charge is 0.491 e. The van der Waals surface area contributed by atoms with Gasteiger partial charge in [0.05, 0.1) is 28.7 Å². The van der Waals surface area contributed by atoms with Crippen LogP contribution in [0.4, 0.5) is 23.2 Å². The first kappa shape index (κ1) is 31.1. The number of carbonyl (C=O) groups excluding carboxylic acids is 3. The fourth-order valence-corrected chi connectivity index (χ4v) is 4.15. The molecule has 0 atom stereocenters. The number of esters is 1. The first-order chi connectivity index (χ1) is 20.3. The molecule has 1 heterocycles. The van der Waals surface area contributed by atoms with E-state index in [1.807, 2.05) is 6.07 Å². The number of alkyl halides is 3. The van der Waals surface area contributed by atoms with Crippen molar-refractivity contribution in [3.05, 3.63) is 81.2 Å². The number of aromatic amines is 1. The van der Waals surface area contributed by atoms with E-state index in [9.17, 15) is 27.6 Å². The normalized spacial score (nSPS) is 11.1. The minimum absolute atomic E-state index is 0.00209.